The quantitative estimate of drug-likeness (QED) is 0.0478. The van der Waals surface area contributed by atoms with E-state index in [1.165, 1.54) is 40.8 Å². The van der Waals surface area contributed by atoms with Crippen LogP contribution in [-0.4, -0.2) is 65.8 Å². The molecule has 0 aliphatic rings. The number of para-hydroxylation sites is 2. The number of hydrogen-bond acceptors (Lipinski definition) is 16. The maximum atomic E-state index is 12.4. The van der Waals surface area contributed by atoms with E-state index in [0.29, 0.717) is 22.2 Å². The molecular formula is C38H35N9O11S3. The molecule has 0 unspecified atom stereocenters. The Kier molecular flexibility index (Phi) is 12.1. The van der Waals surface area contributed by atoms with E-state index in [1.807, 2.05) is 20.8 Å². The second kappa shape index (κ2) is 16.8. The van der Waals surface area contributed by atoms with Crippen LogP contribution in [-0.2, 0) is 35.8 Å². The number of benzene rings is 4. The van der Waals surface area contributed by atoms with Gasteiger partial charge in [-0.15, -0.1) is 15.3 Å². The van der Waals surface area contributed by atoms with Gasteiger partial charge in [-0.2, -0.15) is 45.9 Å². The minimum absolute atomic E-state index is 0.0134. The Balaban J connectivity index is 1.40. The van der Waals surface area contributed by atoms with E-state index in [-0.39, 0.29) is 74.9 Å². The van der Waals surface area contributed by atoms with E-state index >= 15 is 0 Å². The molecule has 0 amide bonds. The summed E-state index contributed by atoms with van der Waals surface area (Å²) in [6.45, 7) is 6.87. The average molecular weight is 890 g/mol. The summed E-state index contributed by atoms with van der Waals surface area (Å²) in [6.07, 6.45) is -0.137. The van der Waals surface area contributed by atoms with E-state index in [2.05, 4.69) is 41.7 Å². The van der Waals surface area contributed by atoms with E-state index in [1.54, 1.807) is 31.2 Å². The third-order valence-corrected chi connectivity index (χ3v) is 11.4. The summed E-state index contributed by atoms with van der Waals surface area (Å²) in [7, 11) is -13.7. The number of pyridine rings is 1. The molecule has 2 aromatic heterocycles. The molecule has 6 rings (SSSR count). The highest BCUT2D eigenvalue weighted by Gasteiger charge is 2.30. The number of imidazole rings is 1. The lowest BCUT2D eigenvalue weighted by atomic mass is 9.83. The van der Waals surface area contributed by atoms with Gasteiger partial charge in [0, 0.05) is 11.6 Å². The van der Waals surface area contributed by atoms with E-state index in [0.717, 1.165) is 18.2 Å². The maximum absolute atomic E-state index is 12.4. The lowest BCUT2D eigenvalue weighted by Crippen LogP contribution is -2.15. The van der Waals surface area contributed by atoms with Crippen molar-refractivity contribution in [3.05, 3.63) is 95.6 Å². The molecule has 0 fully saturated rings. The van der Waals surface area contributed by atoms with Crippen molar-refractivity contribution < 1.29 is 48.8 Å². The molecule has 0 saturated heterocycles. The Hall–Kier alpha value is -6.55. The molecule has 4 N–H and O–H groups in total. The second-order valence-electron chi connectivity index (χ2n) is 14.3. The predicted molar refractivity (Wildman–Crippen MR) is 221 cm³/mol. The second-order valence-corrected chi connectivity index (χ2v) is 18.7. The normalized spacial score (nSPS) is 13.0. The van der Waals surface area contributed by atoms with Gasteiger partial charge in [-0.25, -0.2) is 4.98 Å². The predicted octanol–water partition coefficient (Wildman–Crippen LogP) is 9.07. The third-order valence-electron chi connectivity index (χ3n) is 8.80. The summed E-state index contributed by atoms with van der Waals surface area (Å²) in [5.41, 5.74) is 1.38. The highest BCUT2D eigenvalue weighted by Crippen LogP contribution is 2.45. The van der Waals surface area contributed by atoms with Crippen molar-refractivity contribution in [2.75, 3.05) is 12.4 Å². The minimum Gasteiger partial charge on any atom is -0.493 e. The van der Waals surface area contributed by atoms with Crippen molar-refractivity contribution in [3.63, 3.8) is 0 Å². The molecule has 0 aliphatic carbocycles. The largest absolute Gasteiger partial charge is 0.493 e. The zero-order valence-electron chi connectivity index (χ0n) is 32.5. The number of fused-ring (bicyclic) bond motifs is 3. The van der Waals surface area contributed by atoms with Crippen molar-refractivity contribution in [3.8, 4) is 17.7 Å². The molecule has 0 radical (unpaired) electrons. The molecule has 20 nitrogen and oxygen atoms in total. The Morgan fingerprint density at radius 3 is 2.05 bits per heavy atom. The van der Waals surface area contributed by atoms with Gasteiger partial charge in [0.25, 0.3) is 30.4 Å². The number of rotatable bonds is 13. The van der Waals surface area contributed by atoms with Crippen LogP contribution >= 0.6 is 0 Å². The van der Waals surface area contributed by atoms with Crippen molar-refractivity contribution in [2.24, 2.45) is 30.7 Å². The Labute approximate surface area is 348 Å². The first-order chi connectivity index (χ1) is 28.5. The minimum atomic E-state index is -4.91. The highest BCUT2D eigenvalue weighted by molar-refractivity contribution is 7.86. The highest BCUT2D eigenvalue weighted by atomic mass is 32.2. The van der Waals surface area contributed by atoms with Crippen LogP contribution in [0.3, 0.4) is 0 Å². The van der Waals surface area contributed by atoms with Crippen LogP contribution in [0.2, 0.25) is 0 Å². The summed E-state index contributed by atoms with van der Waals surface area (Å²) >= 11 is 0. The van der Waals surface area contributed by atoms with Crippen molar-refractivity contribution >= 4 is 81.2 Å². The van der Waals surface area contributed by atoms with Crippen molar-refractivity contribution in [1.29, 1.82) is 5.26 Å². The molecular weight excluding hydrogens is 855 g/mol. The SMILES string of the molecule is Cc1cc(N=Nc2c(C(C)(C)C)c(C#N)c3nc4ccccc4n3c2O)c(OCCCS(=O)(=O)O)cc1N=Nc1ccc(N=Nc2ccc(S(=O)(=O)O)cc2)cc1S(=O)(=O)O. The van der Waals surface area contributed by atoms with Gasteiger partial charge < -0.3 is 9.84 Å². The third kappa shape index (κ3) is 10.1. The molecule has 4 aromatic carbocycles. The number of azo groups is 3. The summed E-state index contributed by atoms with van der Waals surface area (Å²) in [5, 5.41) is 47.0. The summed E-state index contributed by atoms with van der Waals surface area (Å²) in [6, 6.07) is 20.2. The van der Waals surface area contributed by atoms with Gasteiger partial charge in [-0.1, -0.05) is 32.9 Å². The smallest absolute Gasteiger partial charge is 0.296 e. The Bertz CT molecular complexity index is 3190. The first kappa shape index (κ1) is 44.0. The van der Waals surface area contributed by atoms with Gasteiger partial charge in [0.2, 0.25) is 5.88 Å². The number of nitriles is 1. The van der Waals surface area contributed by atoms with Crippen molar-refractivity contribution in [2.45, 2.75) is 49.3 Å². The standard InChI is InChI=1S/C38H35N9O11S3/c1-22-18-30(45-46-35-34(38(2,3)4)26(21-39)36-40-27-8-5-6-9-31(27)47(36)37(35)48)32(58-16-7-17-59(49,50)51)20-29(22)44-43-28-15-12-24(19-33(28)61(55,56)57)42-41-23-10-13-25(14-11-23)60(52,53)54/h5-6,8-15,18-20,48H,7,16-17H2,1-4H3,(H,49,50,51)(H,52,53,54)(H,55,56,57). The Morgan fingerprint density at radius 2 is 1.41 bits per heavy atom. The fourth-order valence-electron chi connectivity index (χ4n) is 6.04. The van der Waals surface area contributed by atoms with Gasteiger partial charge in [-0.05, 0) is 85.0 Å². The van der Waals surface area contributed by atoms with Gasteiger partial charge in [0.15, 0.2) is 11.3 Å². The first-order valence-electron chi connectivity index (χ1n) is 17.8. The molecule has 6 aromatic rings. The van der Waals surface area contributed by atoms with Gasteiger partial charge >= 0.3 is 0 Å². The summed E-state index contributed by atoms with van der Waals surface area (Å²) in [4.78, 5) is 3.54. The fourth-order valence-corrected chi connectivity index (χ4v) is 7.65. The summed E-state index contributed by atoms with van der Waals surface area (Å²) in [5.74, 6) is -0.971. The van der Waals surface area contributed by atoms with Crippen LogP contribution in [0.4, 0.5) is 34.1 Å². The zero-order chi connectivity index (χ0) is 44.5. The molecule has 0 spiro atoms. The lowest BCUT2D eigenvalue weighted by Gasteiger charge is -2.23. The number of ether oxygens (including phenoxy) is 1. The molecule has 0 saturated carbocycles. The monoisotopic (exact) mass is 889 g/mol. The maximum Gasteiger partial charge on any atom is 0.296 e. The number of nitrogens with zero attached hydrogens (tertiary/aromatic N) is 9. The average Bonchev–Trinajstić information content (AvgIpc) is 3.57. The van der Waals surface area contributed by atoms with E-state index in [9.17, 15) is 44.7 Å². The molecule has 316 valence electrons. The number of hydrogen-bond donors (Lipinski definition) is 4. The molecule has 61 heavy (non-hydrogen) atoms. The van der Waals surface area contributed by atoms with E-state index < -0.39 is 46.4 Å². The van der Waals surface area contributed by atoms with Gasteiger partial charge in [0.05, 0.1) is 45.4 Å². The van der Waals surface area contributed by atoms with Gasteiger partial charge in [-0.3, -0.25) is 18.1 Å². The molecule has 23 heteroatoms. The number of aryl methyl sites for hydroxylation is 1. The lowest BCUT2D eigenvalue weighted by molar-refractivity contribution is 0.317. The topological polar surface area (TPSA) is 308 Å². The van der Waals surface area contributed by atoms with Crippen LogP contribution in [0.25, 0.3) is 16.7 Å². The van der Waals surface area contributed by atoms with Crippen molar-refractivity contribution in [1.82, 2.24) is 9.38 Å². The van der Waals surface area contributed by atoms with Crippen LogP contribution < -0.4 is 4.74 Å². The van der Waals surface area contributed by atoms with Gasteiger partial charge in [0.1, 0.15) is 33.7 Å². The number of aromatic nitrogens is 2. The molecule has 0 aliphatic heterocycles. The van der Waals surface area contributed by atoms with Crippen LogP contribution in [0.5, 0.6) is 11.6 Å². The first-order valence-corrected chi connectivity index (χ1v) is 22.3. The fraction of sp³-hybridized carbons (Fsp3) is 0.211. The van der Waals surface area contributed by atoms with Crippen LogP contribution in [0, 0.1) is 18.3 Å². The van der Waals surface area contributed by atoms with Crippen LogP contribution in [0.1, 0.15) is 43.9 Å². The molecule has 2 heterocycles. The van der Waals surface area contributed by atoms with Crippen LogP contribution in [0.15, 0.2) is 119 Å². The zero-order valence-corrected chi connectivity index (χ0v) is 35.0. The summed E-state index contributed by atoms with van der Waals surface area (Å²) < 4.78 is 106. The Morgan fingerprint density at radius 1 is 0.770 bits per heavy atom. The van der Waals surface area contributed by atoms with E-state index in [4.69, 9.17) is 9.29 Å². The molecule has 0 atom stereocenters. The molecule has 0 bridgehead atoms. The number of aromatic hydroxyl groups is 1.